The van der Waals surface area contributed by atoms with Crippen molar-refractivity contribution in [2.45, 2.75) is 18.9 Å². The van der Waals surface area contributed by atoms with Gasteiger partial charge in [0.1, 0.15) is 19.7 Å². The third-order valence-corrected chi connectivity index (χ3v) is 2.69. The van der Waals surface area contributed by atoms with E-state index < -0.39 is 0 Å². The fraction of sp³-hybridized carbons (Fsp3) is 0.308. The summed E-state index contributed by atoms with van der Waals surface area (Å²) in [4.78, 5) is 11.4. The zero-order valence-corrected chi connectivity index (χ0v) is 9.68. The SMILES string of the molecule is [B]c1ccc(C(=O)OC)cc1OC1CC=CC1. The van der Waals surface area contributed by atoms with Crippen molar-refractivity contribution in [3.05, 3.63) is 35.9 Å². The maximum absolute atomic E-state index is 11.4. The molecule has 1 aliphatic rings. The summed E-state index contributed by atoms with van der Waals surface area (Å²) in [6.07, 6.45) is 6.02. The molecule has 0 amide bonds. The Morgan fingerprint density at radius 1 is 1.35 bits per heavy atom. The lowest BCUT2D eigenvalue weighted by Gasteiger charge is -2.16. The van der Waals surface area contributed by atoms with Crippen LogP contribution in [0.3, 0.4) is 0 Å². The molecule has 0 fully saturated rings. The van der Waals surface area contributed by atoms with E-state index >= 15 is 0 Å². The van der Waals surface area contributed by atoms with E-state index in [1.807, 2.05) is 0 Å². The van der Waals surface area contributed by atoms with Crippen LogP contribution in [-0.4, -0.2) is 27.0 Å². The minimum atomic E-state index is -0.389. The van der Waals surface area contributed by atoms with E-state index in [-0.39, 0.29) is 12.1 Å². The summed E-state index contributed by atoms with van der Waals surface area (Å²) in [5.74, 6) is 0.154. The van der Waals surface area contributed by atoms with Crippen molar-refractivity contribution in [2.24, 2.45) is 0 Å². The predicted molar refractivity (Wildman–Crippen MR) is 66.0 cm³/mol. The first-order valence-electron chi connectivity index (χ1n) is 5.50. The summed E-state index contributed by atoms with van der Waals surface area (Å²) >= 11 is 0. The number of hydrogen-bond donors (Lipinski definition) is 0. The second-order valence-corrected chi connectivity index (χ2v) is 3.93. The lowest BCUT2D eigenvalue weighted by molar-refractivity contribution is 0.0600. The minimum Gasteiger partial charge on any atom is -0.490 e. The molecule has 1 aromatic rings. The van der Waals surface area contributed by atoms with Crippen LogP contribution in [0.15, 0.2) is 30.4 Å². The van der Waals surface area contributed by atoms with Gasteiger partial charge in [-0.3, -0.25) is 0 Å². The number of esters is 1. The Morgan fingerprint density at radius 3 is 2.71 bits per heavy atom. The van der Waals surface area contributed by atoms with Gasteiger partial charge in [-0.05, 0) is 12.1 Å². The smallest absolute Gasteiger partial charge is 0.337 e. The molecule has 0 aromatic heterocycles. The molecule has 2 radical (unpaired) electrons. The molecule has 0 aliphatic heterocycles. The summed E-state index contributed by atoms with van der Waals surface area (Å²) in [5, 5.41) is 0. The summed E-state index contributed by atoms with van der Waals surface area (Å²) in [6, 6.07) is 4.91. The van der Waals surface area contributed by atoms with E-state index in [4.69, 9.17) is 12.6 Å². The number of rotatable bonds is 3. The van der Waals surface area contributed by atoms with Gasteiger partial charge in [-0.25, -0.2) is 4.79 Å². The maximum Gasteiger partial charge on any atom is 0.337 e. The van der Waals surface area contributed by atoms with Gasteiger partial charge in [0.2, 0.25) is 0 Å². The molecule has 0 saturated carbocycles. The first-order valence-corrected chi connectivity index (χ1v) is 5.50. The fourth-order valence-electron chi connectivity index (χ4n) is 1.75. The first kappa shape index (κ1) is 11.8. The van der Waals surface area contributed by atoms with Gasteiger partial charge in [-0.2, -0.15) is 0 Å². The molecule has 1 aliphatic carbocycles. The quantitative estimate of drug-likeness (QED) is 0.445. The molecule has 0 bridgehead atoms. The highest BCUT2D eigenvalue weighted by molar-refractivity contribution is 6.34. The van der Waals surface area contributed by atoms with Crippen molar-refractivity contribution in [3.63, 3.8) is 0 Å². The Labute approximate surface area is 102 Å². The van der Waals surface area contributed by atoms with E-state index in [2.05, 4.69) is 16.9 Å². The van der Waals surface area contributed by atoms with Crippen LogP contribution in [0, 0.1) is 0 Å². The highest BCUT2D eigenvalue weighted by atomic mass is 16.5. The summed E-state index contributed by atoms with van der Waals surface area (Å²) in [7, 11) is 7.16. The molecule has 0 unspecified atom stereocenters. The molecule has 4 heteroatoms. The van der Waals surface area contributed by atoms with E-state index in [1.165, 1.54) is 7.11 Å². The molecule has 0 spiro atoms. The zero-order chi connectivity index (χ0) is 12.3. The maximum atomic E-state index is 11.4. The number of ether oxygens (including phenoxy) is 2. The molecule has 1 aromatic carbocycles. The van der Waals surface area contributed by atoms with Crippen LogP contribution < -0.4 is 10.2 Å². The highest BCUT2D eigenvalue weighted by Crippen LogP contribution is 2.19. The van der Waals surface area contributed by atoms with E-state index in [0.717, 1.165) is 12.8 Å². The number of methoxy groups -OCH3 is 1. The van der Waals surface area contributed by atoms with Crippen molar-refractivity contribution in [1.29, 1.82) is 0 Å². The monoisotopic (exact) mass is 228 g/mol. The Bertz CT molecular complexity index is 446. The molecule has 0 saturated heterocycles. The van der Waals surface area contributed by atoms with Gasteiger partial charge in [0, 0.05) is 12.8 Å². The summed E-state index contributed by atoms with van der Waals surface area (Å²) in [6.45, 7) is 0. The average Bonchev–Trinajstić information content (AvgIpc) is 2.84. The number of benzene rings is 1. The Kier molecular flexibility index (Phi) is 3.52. The largest absolute Gasteiger partial charge is 0.490 e. The number of hydrogen-bond acceptors (Lipinski definition) is 3. The third-order valence-electron chi connectivity index (χ3n) is 2.69. The zero-order valence-electron chi connectivity index (χ0n) is 9.68. The Hall–Kier alpha value is -1.71. The van der Waals surface area contributed by atoms with Crippen LogP contribution in [0.5, 0.6) is 5.75 Å². The van der Waals surface area contributed by atoms with Gasteiger partial charge in [-0.1, -0.05) is 23.7 Å². The van der Waals surface area contributed by atoms with Crippen molar-refractivity contribution < 1.29 is 14.3 Å². The Morgan fingerprint density at radius 2 is 2.06 bits per heavy atom. The molecule has 0 heterocycles. The van der Waals surface area contributed by atoms with Crippen LogP contribution >= 0.6 is 0 Å². The summed E-state index contributed by atoms with van der Waals surface area (Å²) in [5.41, 5.74) is 0.979. The molecule has 86 valence electrons. The van der Waals surface area contributed by atoms with Gasteiger partial charge in [0.05, 0.1) is 12.7 Å². The fourth-order valence-corrected chi connectivity index (χ4v) is 1.75. The van der Waals surface area contributed by atoms with Crippen LogP contribution in [0.25, 0.3) is 0 Å². The van der Waals surface area contributed by atoms with E-state index in [1.54, 1.807) is 18.2 Å². The topological polar surface area (TPSA) is 35.5 Å². The first-order chi connectivity index (χ1) is 8.20. The molecule has 17 heavy (non-hydrogen) atoms. The van der Waals surface area contributed by atoms with Crippen molar-refractivity contribution in [3.8, 4) is 5.75 Å². The van der Waals surface area contributed by atoms with Crippen molar-refractivity contribution in [2.75, 3.05) is 7.11 Å². The minimum absolute atomic E-state index is 0.116. The van der Waals surface area contributed by atoms with E-state index in [0.29, 0.717) is 16.8 Å². The normalized spacial score (nSPS) is 14.9. The second kappa shape index (κ2) is 5.08. The Balaban J connectivity index is 2.17. The van der Waals surface area contributed by atoms with Gasteiger partial charge in [-0.15, -0.1) is 0 Å². The van der Waals surface area contributed by atoms with Gasteiger partial charge in [0.25, 0.3) is 0 Å². The van der Waals surface area contributed by atoms with Gasteiger partial charge >= 0.3 is 5.97 Å². The predicted octanol–water partition coefficient (Wildman–Crippen LogP) is 1.36. The molecular formula is C13H13BO3. The third kappa shape index (κ3) is 2.70. The standard InChI is InChI=1S/C13H13BO3/c1-16-13(15)9-6-7-11(14)12(8-9)17-10-4-2-3-5-10/h2-3,6-8,10H,4-5H2,1H3. The van der Waals surface area contributed by atoms with Crippen LogP contribution in [-0.2, 0) is 4.74 Å². The highest BCUT2D eigenvalue weighted by Gasteiger charge is 2.14. The molecular weight excluding hydrogens is 215 g/mol. The molecule has 3 nitrogen and oxygen atoms in total. The lowest BCUT2D eigenvalue weighted by Crippen LogP contribution is -2.18. The van der Waals surface area contributed by atoms with Crippen LogP contribution in [0.1, 0.15) is 23.2 Å². The van der Waals surface area contributed by atoms with Gasteiger partial charge < -0.3 is 9.47 Å². The molecule has 0 N–H and O–H groups in total. The number of carbonyl (C=O) groups is 1. The molecule has 2 rings (SSSR count). The van der Waals surface area contributed by atoms with Crippen LogP contribution in [0.4, 0.5) is 0 Å². The van der Waals surface area contributed by atoms with E-state index in [9.17, 15) is 4.79 Å². The summed E-state index contributed by atoms with van der Waals surface area (Å²) < 4.78 is 10.4. The van der Waals surface area contributed by atoms with Crippen molar-refractivity contribution >= 4 is 19.3 Å². The number of carbonyl (C=O) groups excluding carboxylic acids is 1. The van der Waals surface area contributed by atoms with Crippen molar-refractivity contribution in [1.82, 2.24) is 0 Å². The van der Waals surface area contributed by atoms with Gasteiger partial charge in [0.15, 0.2) is 0 Å². The average molecular weight is 228 g/mol. The lowest BCUT2D eigenvalue weighted by atomic mass is 9.93. The van der Waals surface area contributed by atoms with Crippen LogP contribution in [0.2, 0.25) is 0 Å². The molecule has 0 atom stereocenters. The second-order valence-electron chi connectivity index (χ2n) is 3.93.